The summed E-state index contributed by atoms with van der Waals surface area (Å²) in [6, 6.07) is 15.9. The Labute approximate surface area is 126 Å². The quantitative estimate of drug-likeness (QED) is 0.814. The predicted molar refractivity (Wildman–Crippen MR) is 85.1 cm³/mol. The molecule has 0 aliphatic heterocycles. The third-order valence-corrected chi connectivity index (χ3v) is 3.71. The first-order chi connectivity index (χ1) is 10.2. The van der Waals surface area contributed by atoms with Crippen LogP contribution in [0.4, 0.5) is 0 Å². The lowest BCUT2D eigenvalue weighted by Gasteiger charge is -2.23. The molecule has 0 N–H and O–H groups in total. The molecule has 2 rings (SSSR count). The van der Waals surface area contributed by atoms with Crippen LogP contribution in [0.5, 0.6) is 0 Å². The highest BCUT2D eigenvalue weighted by Gasteiger charge is 2.21. The third kappa shape index (κ3) is 4.15. The second kappa shape index (κ2) is 7.58. The number of benzene rings is 1. The second-order valence-electron chi connectivity index (χ2n) is 5.20. The van der Waals surface area contributed by atoms with E-state index in [9.17, 15) is 4.79 Å². The molecule has 0 fully saturated rings. The molecule has 1 amide bonds. The molecule has 0 saturated carbocycles. The van der Waals surface area contributed by atoms with Gasteiger partial charge in [-0.2, -0.15) is 0 Å². The molecule has 0 aliphatic carbocycles. The Morgan fingerprint density at radius 2 is 1.86 bits per heavy atom. The third-order valence-electron chi connectivity index (χ3n) is 3.71. The van der Waals surface area contributed by atoms with Gasteiger partial charge in [0.1, 0.15) is 0 Å². The van der Waals surface area contributed by atoms with Gasteiger partial charge < -0.3 is 4.90 Å². The summed E-state index contributed by atoms with van der Waals surface area (Å²) in [7, 11) is 1.87. The predicted octanol–water partition coefficient (Wildman–Crippen LogP) is 3.28. The van der Waals surface area contributed by atoms with E-state index in [1.165, 1.54) is 0 Å². The van der Waals surface area contributed by atoms with Crippen LogP contribution in [0, 0.1) is 0 Å². The van der Waals surface area contributed by atoms with Crippen molar-refractivity contribution in [2.45, 2.75) is 25.7 Å². The molecule has 0 aliphatic rings. The molecule has 110 valence electrons. The minimum absolute atomic E-state index is 0.0556. The zero-order chi connectivity index (χ0) is 15.1. The molecule has 1 aromatic heterocycles. The van der Waals surface area contributed by atoms with Gasteiger partial charge in [-0.15, -0.1) is 0 Å². The summed E-state index contributed by atoms with van der Waals surface area (Å²) in [5.41, 5.74) is 2.11. The van der Waals surface area contributed by atoms with E-state index in [2.05, 4.69) is 11.9 Å². The highest BCUT2D eigenvalue weighted by atomic mass is 16.2. The average molecular weight is 282 g/mol. The fourth-order valence-corrected chi connectivity index (χ4v) is 2.44. The van der Waals surface area contributed by atoms with Crippen molar-refractivity contribution < 1.29 is 4.79 Å². The maximum atomic E-state index is 12.6. The molecule has 0 bridgehead atoms. The van der Waals surface area contributed by atoms with Gasteiger partial charge in [0, 0.05) is 31.9 Å². The van der Waals surface area contributed by atoms with Crippen molar-refractivity contribution in [3.63, 3.8) is 0 Å². The Morgan fingerprint density at radius 3 is 2.48 bits per heavy atom. The first kappa shape index (κ1) is 15.2. The van der Waals surface area contributed by atoms with Gasteiger partial charge in [-0.05, 0) is 24.1 Å². The van der Waals surface area contributed by atoms with Gasteiger partial charge in [-0.3, -0.25) is 9.78 Å². The number of hydrogen-bond donors (Lipinski definition) is 0. The van der Waals surface area contributed by atoms with Crippen molar-refractivity contribution in [3.05, 3.63) is 66.0 Å². The van der Waals surface area contributed by atoms with Crippen molar-refractivity contribution in [2.24, 2.45) is 0 Å². The van der Waals surface area contributed by atoms with Gasteiger partial charge in [0.2, 0.25) is 5.91 Å². The van der Waals surface area contributed by atoms with E-state index < -0.39 is 0 Å². The smallest absolute Gasteiger partial charge is 0.229 e. The number of rotatable bonds is 6. The zero-order valence-corrected chi connectivity index (χ0v) is 12.7. The van der Waals surface area contributed by atoms with Crippen LogP contribution in [0.25, 0.3) is 0 Å². The number of likely N-dealkylation sites (N-methyl/N-ethyl adjacent to an activating group) is 1. The molecule has 2 aromatic rings. The average Bonchev–Trinajstić information content (AvgIpc) is 2.55. The van der Waals surface area contributed by atoms with E-state index in [4.69, 9.17) is 0 Å². The van der Waals surface area contributed by atoms with Gasteiger partial charge in [0.05, 0.1) is 5.92 Å². The number of carbonyl (C=O) groups is 1. The monoisotopic (exact) mass is 282 g/mol. The fraction of sp³-hybridized carbons (Fsp3) is 0.333. The standard InChI is InChI=1S/C18H22N2O/c1-3-17(15-9-5-4-6-10-15)18(21)20(2)14-12-16-11-7-8-13-19-16/h4-11,13,17H,3,12,14H2,1-2H3. The van der Waals surface area contributed by atoms with Gasteiger partial charge in [-0.25, -0.2) is 0 Å². The molecule has 0 spiro atoms. The van der Waals surface area contributed by atoms with Crippen LogP contribution < -0.4 is 0 Å². The van der Waals surface area contributed by atoms with Gasteiger partial charge in [0.25, 0.3) is 0 Å². The van der Waals surface area contributed by atoms with Crippen LogP contribution in [-0.4, -0.2) is 29.4 Å². The number of amides is 1. The first-order valence-corrected chi connectivity index (χ1v) is 7.42. The van der Waals surface area contributed by atoms with E-state index in [1.54, 1.807) is 6.20 Å². The maximum Gasteiger partial charge on any atom is 0.229 e. The van der Waals surface area contributed by atoms with Crippen molar-refractivity contribution in [1.82, 2.24) is 9.88 Å². The summed E-state index contributed by atoms with van der Waals surface area (Å²) in [5, 5.41) is 0. The van der Waals surface area contributed by atoms with Gasteiger partial charge >= 0.3 is 0 Å². The van der Waals surface area contributed by atoms with E-state index >= 15 is 0 Å². The van der Waals surface area contributed by atoms with Crippen LogP contribution in [-0.2, 0) is 11.2 Å². The van der Waals surface area contributed by atoms with Crippen molar-refractivity contribution in [3.8, 4) is 0 Å². The zero-order valence-electron chi connectivity index (χ0n) is 12.7. The topological polar surface area (TPSA) is 33.2 Å². The fourth-order valence-electron chi connectivity index (χ4n) is 2.44. The van der Waals surface area contributed by atoms with E-state index in [0.717, 1.165) is 24.1 Å². The Hall–Kier alpha value is -2.16. The van der Waals surface area contributed by atoms with E-state index in [0.29, 0.717) is 6.54 Å². The molecule has 1 atom stereocenters. The molecule has 3 heteroatoms. The SMILES string of the molecule is CCC(C(=O)N(C)CCc1ccccn1)c1ccccc1. The van der Waals surface area contributed by atoms with Crippen LogP contribution in [0.3, 0.4) is 0 Å². The lowest BCUT2D eigenvalue weighted by atomic mass is 9.95. The molecule has 1 unspecified atom stereocenters. The van der Waals surface area contributed by atoms with Gasteiger partial charge in [-0.1, -0.05) is 43.3 Å². The summed E-state index contributed by atoms with van der Waals surface area (Å²) in [6.07, 6.45) is 3.39. The second-order valence-corrected chi connectivity index (χ2v) is 5.20. The van der Waals surface area contributed by atoms with Crippen molar-refractivity contribution in [2.75, 3.05) is 13.6 Å². The lowest BCUT2D eigenvalue weighted by molar-refractivity contribution is -0.131. The van der Waals surface area contributed by atoms with Crippen LogP contribution >= 0.6 is 0 Å². The number of aromatic nitrogens is 1. The van der Waals surface area contributed by atoms with Crippen molar-refractivity contribution >= 4 is 5.91 Å². The minimum Gasteiger partial charge on any atom is -0.345 e. The molecule has 3 nitrogen and oxygen atoms in total. The molecule has 0 saturated heterocycles. The summed E-state index contributed by atoms with van der Waals surface area (Å²) >= 11 is 0. The van der Waals surface area contributed by atoms with Crippen LogP contribution in [0.1, 0.15) is 30.5 Å². The molecule has 0 radical (unpaired) electrons. The normalized spacial score (nSPS) is 11.9. The van der Waals surface area contributed by atoms with Crippen LogP contribution in [0.2, 0.25) is 0 Å². The number of pyridine rings is 1. The first-order valence-electron chi connectivity index (χ1n) is 7.42. The Balaban J connectivity index is 1.97. The lowest BCUT2D eigenvalue weighted by Crippen LogP contribution is -2.33. The van der Waals surface area contributed by atoms with Gasteiger partial charge in [0.15, 0.2) is 0 Å². The molecule has 21 heavy (non-hydrogen) atoms. The highest BCUT2D eigenvalue weighted by Crippen LogP contribution is 2.21. The Morgan fingerprint density at radius 1 is 1.14 bits per heavy atom. The molecular weight excluding hydrogens is 260 g/mol. The highest BCUT2D eigenvalue weighted by molar-refractivity contribution is 5.83. The molecule has 1 aromatic carbocycles. The summed E-state index contributed by atoms with van der Waals surface area (Å²) in [5.74, 6) is 0.125. The van der Waals surface area contributed by atoms with Crippen molar-refractivity contribution in [1.29, 1.82) is 0 Å². The van der Waals surface area contributed by atoms with E-state index in [1.807, 2.05) is 60.5 Å². The minimum atomic E-state index is -0.0556. The number of carbonyl (C=O) groups excluding carboxylic acids is 1. The maximum absolute atomic E-state index is 12.6. The number of hydrogen-bond acceptors (Lipinski definition) is 2. The summed E-state index contributed by atoms with van der Waals surface area (Å²) in [4.78, 5) is 18.7. The summed E-state index contributed by atoms with van der Waals surface area (Å²) in [6.45, 7) is 2.75. The largest absolute Gasteiger partial charge is 0.345 e. The van der Waals surface area contributed by atoms with Crippen LogP contribution in [0.15, 0.2) is 54.7 Å². The Kier molecular flexibility index (Phi) is 5.50. The molecule has 1 heterocycles. The number of nitrogens with zero attached hydrogens (tertiary/aromatic N) is 2. The Bertz CT molecular complexity index is 554. The van der Waals surface area contributed by atoms with E-state index in [-0.39, 0.29) is 11.8 Å². The molecular formula is C18H22N2O. The summed E-state index contributed by atoms with van der Waals surface area (Å²) < 4.78 is 0.